The first-order valence-electron chi connectivity index (χ1n) is 6.98. The summed E-state index contributed by atoms with van der Waals surface area (Å²) in [6, 6.07) is 22.4. The van der Waals surface area contributed by atoms with E-state index >= 15 is 0 Å². The van der Waals surface area contributed by atoms with Crippen molar-refractivity contribution in [1.82, 2.24) is 0 Å². The Morgan fingerprint density at radius 2 is 1.70 bits per heavy atom. The molecular formula is C18H17ClIN3. The van der Waals surface area contributed by atoms with E-state index in [2.05, 4.69) is 52.2 Å². The summed E-state index contributed by atoms with van der Waals surface area (Å²) in [5.74, 6) is 0.346. The van der Waals surface area contributed by atoms with Gasteiger partial charge in [-0.2, -0.15) is 0 Å². The number of halogens is 2. The molecule has 23 heavy (non-hydrogen) atoms. The topological polar surface area (TPSA) is 39.1 Å². The van der Waals surface area contributed by atoms with Crippen molar-refractivity contribution in [2.24, 2.45) is 0 Å². The fourth-order valence-electron chi connectivity index (χ4n) is 2.36. The molecule has 3 aromatic rings. The average Bonchev–Trinajstić information content (AvgIpc) is 2.54. The van der Waals surface area contributed by atoms with Gasteiger partial charge in [0.25, 0.3) is 0 Å². The summed E-state index contributed by atoms with van der Waals surface area (Å²) in [6.07, 6.45) is 0. The molecule has 0 spiro atoms. The molecule has 0 aliphatic heterocycles. The van der Waals surface area contributed by atoms with Crippen molar-refractivity contribution in [1.29, 1.82) is 5.41 Å². The molecule has 3 aromatic carbocycles. The van der Waals surface area contributed by atoms with E-state index in [0.717, 1.165) is 25.7 Å². The fourth-order valence-corrected chi connectivity index (χ4v) is 2.89. The van der Waals surface area contributed by atoms with Crippen LogP contribution in [0.25, 0.3) is 10.8 Å². The molecule has 0 saturated heterocycles. The SMILES string of the molecule is CN(C(=N)Nc1cccc2ccccc12)c1cccc(I)c1.Cl. The lowest BCUT2D eigenvalue weighted by Crippen LogP contribution is -2.32. The second-order valence-corrected chi connectivity index (χ2v) is 6.28. The number of benzene rings is 3. The molecule has 2 N–H and O–H groups in total. The predicted molar refractivity (Wildman–Crippen MR) is 110 cm³/mol. The molecule has 0 unspecified atom stereocenters. The molecular weight excluding hydrogens is 421 g/mol. The summed E-state index contributed by atoms with van der Waals surface area (Å²) < 4.78 is 1.15. The van der Waals surface area contributed by atoms with Crippen molar-refractivity contribution in [2.75, 3.05) is 17.3 Å². The van der Waals surface area contributed by atoms with Crippen molar-refractivity contribution < 1.29 is 0 Å². The minimum absolute atomic E-state index is 0. The lowest BCUT2D eigenvalue weighted by molar-refractivity contribution is 1.21. The fraction of sp³-hybridized carbons (Fsp3) is 0.0556. The van der Waals surface area contributed by atoms with Gasteiger partial charge in [0, 0.05) is 27.4 Å². The Morgan fingerprint density at radius 3 is 2.48 bits per heavy atom. The Labute approximate surface area is 155 Å². The lowest BCUT2D eigenvalue weighted by atomic mass is 10.1. The van der Waals surface area contributed by atoms with Gasteiger partial charge < -0.3 is 10.2 Å². The number of nitrogens with zero attached hydrogens (tertiary/aromatic N) is 1. The van der Waals surface area contributed by atoms with Crippen LogP contribution < -0.4 is 10.2 Å². The van der Waals surface area contributed by atoms with Gasteiger partial charge in [0.1, 0.15) is 0 Å². The third-order valence-corrected chi connectivity index (χ3v) is 4.24. The molecule has 0 radical (unpaired) electrons. The number of fused-ring (bicyclic) bond motifs is 1. The molecule has 118 valence electrons. The number of hydrogen-bond donors (Lipinski definition) is 2. The van der Waals surface area contributed by atoms with Crippen LogP contribution in [0.2, 0.25) is 0 Å². The second-order valence-electron chi connectivity index (χ2n) is 5.04. The van der Waals surface area contributed by atoms with Gasteiger partial charge in [-0.3, -0.25) is 5.41 Å². The van der Waals surface area contributed by atoms with Crippen molar-refractivity contribution in [3.8, 4) is 0 Å². The molecule has 0 atom stereocenters. The highest BCUT2D eigenvalue weighted by Crippen LogP contribution is 2.24. The van der Waals surface area contributed by atoms with Crippen LogP contribution in [0.15, 0.2) is 66.7 Å². The van der Waals surface area contributed by atoms with Crippen LogP contribution in [0, 0.1) is 8.98 Å². The maximum atomic E-state index is 8.33. The van der Waals surface area contributed by atoms with Crippen molar-refractivity contribution in [3.63, 3.8) is 0 Å². The van der Waals surface area contributed by atoms with Gasteiger partial charge in [-0.25, -0.2) is 0 Å². The minimum atomic E-state index is 0. The number of nitrogens with one attached hydrogen (secondary N) is 2. The van der Waals surface area contributed by atoms with E-state index in [0.29, 0.717) is 5.96 Å². The summed E-state index contributed by atoms with van der Waals surface area (Å²) in [4.78, 5) is 1.84. The third-order valence-electron chi connectivity index (χ3n) is 3.57. The Hall–Kier alpha value is -1.79. The molecule has 3 rings (SSSR count). The minimum Gasteiger partial charge on any atom is -0.326 e. The molecule has 0 aliphatic carbocycles. The van der Waals surface area contributed by atoms with Crippen LogP contribution in [0.3, 0.4) is 0 Å². The number of hydrogen-bond acceptors (Lipinski definition) is 1. The monoisotopic (exact) mass is 437 g/mol. The maximum Gasteiger partial charge on any atom is 0.199 e. The quantitative estimate of drug-likeness (QED) is 0.322. The number of rotatable bonds is 2. The summed E-state index contributed by atoms with van der Waals surface area (Å²) in [5.41, 5.74) is 1.94. The first-order chi connectivity index (χ1) is 10.6. The highest BCUT2D eigenvalue weighted by Gasteiger charge is 2.09. The third kappa shape index (κ3) is 3.95. The highest BCUT2D eigenvalue weighted by atomic mass is 127. The lowest BCUT2D eigenvalue weighted by Gasteiger charge is -2.22. The van der Waals surface area contributed by atoms with Crippen LogP contribution in [-0.2, 0) is 0 Å². The molecule has 0 aliphatic rings. The van der Waals surface area contributed by atoms with E-state index in [9.17, 15) is 0 Å². The van der Waals surface area contributed by atoms with Crippen LogP contribution in [0.4, 0.5) is 11.4 Å². The predicted octanol–water partition coefficient (Wildman–Crippen LogP) is 5.35. The van der Waals surface area contributed by atoms with Crippen LogP contribution in [-0.4, -0.2) is 13.0 Å². The Kier molecular flexibility index (Phi) is 5.85. The first-order valence-corrected chi connectivity index (χ1v) is 8.05. The zero-order chi connectivity index (χ0) is 15.5. The molecule has 0 bridgehead atoms. The van der Waals surface area contributed by atoms with E-state index in [1.807, 2.05) is 54.4 Å². The first kappa shape index (κ1) is 17.6. The molecule has 5 heteroatoms. The van der Waals surface area contributed by atoms with Crippen molar-refractivity contribution in [2.45, 2.75) is 0 Å². The van der Waals surface area contributed by atoms with E-state index in [-0.39, 0.29) is 12.4 Å². The second kappa shape index (κ2) is 7.66. The molecule has 0 heterocycles. The van der Waals surface area contributed by atoms with E-state index in [4.69, 9.17) is 5.41 Å². The zero-order valence-corrected chi connectivity index (χ0v) is 15.6. The summed E-state index contributed by atoms with van der Waals surface area (Å²) in [6.45, 7) is 0. The summed E-state index contributed by atoms with van der Waals surface area (Å²) in [7, 11) is 1.89. The maximum absolute atomic E-state index is 8.33. The van der Waals surface area contributed by atoms with Crippen LogP contribution in [0.1, 0.15) is 0 Å². The number of anilines is 2. The van der Waals surface area contributed by atoms with E-state index in [1.54, 1.807) is 0 Å². The van der Waals surface area contributed by atoms with Gasteiger partial charge in [0.05, 0.1) is 0 Å². The van der Waals surface area contributed by atoms with Gasteiger partial charge >= 0.3 is 0 Å². The standard InChI is InChI=1S/C18H16IN3.ClH/c1-22(15-9-5-8-14(19)12-15)18(20)21-17-11-4-7-13-6-2-3-10-16(13)17;/h2-12H,1H3,(H2,20,21);1H. The van der Waals surface area contributed by atoms with Gasteiger partial charge in [-0.1, -0.05) is 42.5 Å². The molecule has 0 fully saturated rings. The van der Waals surface area contributed by atoms with Crippen molar-refractivity contribution >= 4 is 63.1 Å². The highest BCUT2D eigenvalue weighted by molar-refractivity contribution is 14.1. The Balaban J connectivity index is 0.00000192. The summed E-state index contributed by atoms with van der Waals surface area (Å²) >= 11 is 2.28. The largest absolute Gasteiger partial charge is 0.326 e. The molecule has 0 aromatic heterocycles. The van der Waals surface area contributed by atoms with Crippen molar-refractivity contribution in [3.05, 3.63) is 70.3 Å². The van der Waals surface area contributed by atoms with E-state index < -0.39 is 0 Å². The molecule has 0 amide bonds. The normalized spacial score (nSPS) is 10.0. The average molecular weight is 438 g/mol. The van der Waals surface area contributed by atoms with Gasteiger partial charge in [0.2, 0.25) is 0 Å². The number of guanidine groups is 1. The Morgan fingerprint density at radius 1 is 1.00 bits per heavy atom. The van der Waals surface area contributed by atoms with Crippen LogP contribution >= 0.6 is 35.0 Å². The van der Waals surface area contributed by atoms with E-state index in [1.165, 1.54) is 0 Å². The van der Waals surface area contributed by atoms with Gasteiger partial charge in [0.15, 0.2) is 5.96 Å². The molecule has 3 nitrogen and oxygen atoms in total. The summed E-state index contributed by atoms with van der Waals surface area (Å²) in [5, 5.41) is 13.8. The Bertz CT molecular complexity index is 830. The smallest absolute Gasteiger partial charge is 0.199 e. The zero-order valence-electron chi connectivity index (χ0n) is 12.6. The van der Waals surface area contributed by atoms with Gasteiger partial charge in [-0.15, -0.1) is 12.4 Å². The molecule has 0 saturated carbocycles. The van der Waals surface area contributed by atoms with Gasteiger partial charge in [-0.05, 0) is 52.2 Å². The van der Waals surface area contributed by atoms with Crippen LogP contribution in [0.5, 0.6) is 0 Å².